The summed E-state index contributed by atoms with van der Waals surface area (Å²) in [5, 5.41) is 7.50. The fraction of sp³-hybridized carbons (Fsp3) is 0.714. The van der Waals surface area contributed by atoms with Crippen LogP contribution in [0.5, 0.6) is 0 Å². The Morgan fingerprint density at radius 3 is 2.95 bits per heavy atom. The molecule has 0 aliphatic carbocycles. The summed E-state index contributed by atoms with van der Waals surface area (Å²) in [4.78, 5) is 14.5. The topological polar surface area (TPSA) is 50.2 Å². The predicted octanol–water partition coefficient (Wildman–Crippen LogP) is 1.11. The molecule has 19 heavy (non-hydrogen) atoms. The molecule has 5 heteroatoms. The second-order valence-corrected chi connectivity index (χ2v) is 5.94. The standard InChI is InChI=1S/C14H24N4O/c1-10(2)5-6-15-14(19)12-9-17(3)7-11-8-18(4)16-13(11)12/h8,10,12H,5-7,9H2,1-4H3,(H,15,19). The zero-order valence-electron chi connectivity index (χ0n) is 12.3. The lowest BCUT2D eigenvalue weighted by Crippen LogP contribution is -2.40. The Labute approximate surface area is 115 Å². The van der Waals surface area contributed by atoms with Crippen molar-refractivity contribution in [1.82, 2.24) is 20.0 Å². The van der Waals surface area contributed by atoms with Crippen LogP contribution >= 0.6 is 0 Å². The van der Waals surface area contributed by atoms with Gasteiger partial charge in [0.15, 0.2) is 0 Å². The van der Waals surface area contributed by atoms with Crippen LogP contribution in [0.1, 0.15) is 37.4 Å². The zero-order chi connectivity index (χ0) is 14.0. The summed E-state index contributed by atoms with van der Waals surface area (Å²) in [6.07, 6.45) is 3.03. The van der Waals surface area contributed by atoms with Gasteiger partial charge in [-0.2, -0.15) is 5.10 Å². The van der Waals surface area contributed by atoms with Crippen molar-refractivity contribution < 1.29 is 4.79 Å². The van der Waals surface area contributed by atoms with Crippen molar-refractivity contribution in [3.8, 4) is 0 Å². The lowest BCUT2D eigenvalue weighted by atomic mass is 9.96. The number of aromatic nitrogens is 2. The van der Waals surface area contributed by atoms with Crippen LogP contribution in [0, 0.1) is 5.92 Å². The van der Waals surface area contributed by atoms with Crippen LogP contribution in [0.3, 0.4) is 0 Å². The summed E-state index contributed by atoms with van der Waals surface area (Å²) in [6, 6.07) is 0. The molecule has 1 aliphatic heterocycles. The van der Waals surface area contributed by atoms with E-state index in [1.54, 1.807) is 4.68 Å². The van der Waals surface area contributed by atoms with E-state index in [-0.39, 0.29) is 11.8 Å². The van der Waals surface area contributed by atoms with Crippen LogP contribution in [0.25, 0.3) is 0 Å². The number of nitrogens with zero attached hydrogens (tertiary/aromatic N) is 3. The molecule has 0 saturated heterocycles. The molecule has 0 aromatic carbocycles. The summed E-state index contributed by atoms with van der Waals surface area (Å²) >= 11 is 0. The van der Waals surface area contributed by atoms with Gasteiger partial charge in [0.25, 0.3) is 0 Å². The summed E-state index contributed by atoms with van der Waals surface area (Å²) < 4.78 is 1.80. The molecular formula is C14H24N4O. The van der Waals surface area contributed by atoms with Gasteiger partial charge in [0, 0.05) is 38.4 Å². The molecule has 2 heterocycles. The quantitative estimate of drug-likeness (QED) is 0.886. The smallest absolute Gasteiger partial charge is 0.230 e. The highest BCUT2D eigenvalue weighted by Gasteiger charge is 2.31. The fourth-order valence-corrected chi connectivity index (χ4v) is 2.54. The molecule has 1 unspecified atom stereocenters. The van der Waals surface area contributed by atoms with E-state index in [4.69, 9.17) is 0 Å². The summed E-state index contributed by atoms with van der Waals surface area (Å²) in [5.74, 6) is 0.578. The maximum absolute atomic E-state index is 12.3. The Hall–Kier alpha value is -1.36. The van der Waals surface area contributed by atoms with E-state index in [0.29, 0.717) is 5.92 Å². The molecule has 0 spiro atoms. The van der Waals surface area contributed by atoms with Crippen LogP contribution in [-0.4, -0.2) is 40.7 Å². The van der Waals surface area contributed by atoms with Gasteiger partial charge in [-0.1, -0.05) is 13.8 Å². The van der Waals surface area contributed by atoms with E-state index in [9.17, 15) is 4.79 Å². The van der Waals surface area contributed by atoms with E-state index in [0.717, 1.165) is 31.7 Å². The Bertz CT molecular complexity index is 452. The summed E-state index contributed by atoms with van der Waals surface area (Å²) in [6.45, 7) is 6.70. The minimum Gasteiger partial charge on any atom is -0.355 e. The number of aryl methyl sites for hydroxylation is 1. The van der Waals surface area contributed by atoms with Gasteiger partial charge < -0.3 is 10.2 Å². The molecule has 5 nitrogen and oxygen atoms in total. The van der Waals surface area contributed by atoms with Gasteiger partial charge in [0.2, 0.25) is 5.91 Å². The van der Waals surface area contributed by atoms with Gasteiger partial charge >= 0.3 is 0 Å². The molecule has 0 bridgehead atoms. The fourth-order valence-electron chi connectivity index (χ4n) is 2.54. The molecule has 106 valence electrons. The van der Waals surface area contributed by atoms with E-state index in [1.165, 1.54) is 5.56 Å². The first kappa shape index (κ1) is 14.1. The largest absolute Gasteiger partial charge is 0.355 e. The Balaban J connectivity index is 2.05. The molecule has 0 fully saturated rings. The number of carbonyl (C=O) groups excluding carboxylic acids is 1. The second kappa shape index (κ2) is 5.74. The Kier molecular flexibility index (Phi) is 4.24. The molecule has 1 aromatic heterocycles. The molecule has 1 N–H and O–H groups in total. The number of fused-ring (bicyclic) bond motifs is 1. The average molecular weight is 264 g/mol. The van der Waals surface area contributed by atoms with Crippen molar-refractivity contribution in [1.29, 1.82) is 0 Å². The predicted molar refractivity (Wildman–Crippen MR) is 74.7 cm³/mol. The molecule has 1 amide bonds. The third-order valence-electron chi connectivity index (χ3n) is 3.54. The normalized spacial score (nSPS) is 19.5. The van der Waals surface area contributed by atoms with Crippen molar-refractivity contribution in [2.45, 2.75) is 32.7 Å². The van der Waals surface area contributed by atoms with E-state index < -0.39 is 0 Å². The van der Waals surface area contributed by atoms with Crippen LogP contribution in [0.15, 0.2) is 6.20 Å². The van der Waals surface area contributed by atoms with E-state index in [1.807, 2.05) is 20.3 Å². The molecule has 0 radical (unpaired) electrons. The van der Waals surface area contributed by atoms with Crippen molar-refractivity contribution in [2.24, 2.45) is 13.0 Å². The van der Waals surface area contributed by atoms with Gasteiger partial charge in [0.05, 0.1) is 11.6 Å². The van der Waals surface area contributed by atoms with Crippen molar-refractivity contribution in [2.75, 3.05) is 20.1 Å². The minimum absolute atomic E-state index is 0.104. The number of carbonyl (C=O) groups is 1. The molecule has 0 saturated carbocycles. The van der Waals surface area contributed by atoms with Gasteiger partial charge in [-0.15, -0.1) is 0 Å². The number of nitrogens with one attached hydrogen (secondary N) is 1. The zero-order valence-corrected chi connectivity index (χ0v) is 12.3. The second-order valence-electron chi connectivity index (χ2n) is 5.94. The monoisotopic (exact) mass is 264 g/mol. The van der Waals surface area contributed by atoms with Crippen molar-refractivity contribution >= 4 is 5.91 Å². The number of amides is 1. The third kappa shape index (κ3) is 3.35. The van der Waals surface area contributed by atoms with Gasteiger partial charge in [-0.25, -0.2) is 0 Å². The molecule has 1 aromatic rings. The van der Waals surface area contributed by atoms with Gasteiger partial charge in [0.1, 0.15) is 0 Å². The van der Waals surface area contributed by atoms with Crippen LogP contribution < -0.4 is 5.32 Å². The third-order valence-corrected chi connectivity index (χ3v) is 3.54. The molecule has 1 aliphatic rings. The van der Waals surface area contributed by atoms with Gasteiger partial charge in [-0.05, 0) is 19.4 Å². The van der Waals surface area contributed by atoms with Crippen LogP contribution in [0.2, 0.25) is 0 Å². The Morgan fingerprint density at radius 2 is 2.26 bits per heavy atom. The van der Waals surface area contributed by atoms with Crippen LogP contribution in [0.4, 0.5) is 0 Å². The molecular weight excluding hydrogens is 240 g/mol. The lowest BCUT2D eigenvalue weighted by molar-refractivity contribution is -0.123. The number of hydrogen-bond acceptors (Lipinski definition) is 3. The van der Waals surface area contributed by atoms with E-state index in [2.05, 4.69) is 29.2 Å². The highest BCUT2D eigenvalue weighted by Crippen LogP contribution is 2.26. The minimum atomic E-state index is -0.137. The summed E-state index contributed by atoms with van der Waals surface area (Å²) in [7, 11) is 3.95. The Morgan fingerprint density at radius 1 is 1.53 bits per heavy atom. The van der Waals surface area contributed by atoms with Crippen molar-refractivity contribution in [3.63, 3.8) is 0 Å². The maximum Gasteiger partial charge on any atom is 0.230 e. The highest BCUT2D eigenvalue weighted by molar-refractivity contribution is 5.84. The summed E-state index contributed by atoms with van der Waals surface area (Å²) in [5.41, 5.74) is 2.11. The highest BCUT2D eigenvalue weighted by atomic mass is 16.1. The van der Waals surface area contributed by atoms with Crippen molar-refractivity contribution in [3.05, 3.63) is 17.5 Å². The molecule has 1 atom stereocenters. The number of rotatable bonds is 4. The lowest BCUT2D eigenvalue weighted by Gasteiger charge is -2.28. The number of likely N-dealkylation sites (N-methyl/N-ethyl adjacent to an activating group) is 1. The SMILES string of the molecule is CC(C)CCNC(=O)C1CN(C)Cc2cn(C)nc21. The first-order valence-electron chi connectivity index (χ1n) is 6.96. The number of hydrogen-bond donors (Lipinski definition) is 1. The van der Waals surface area contributed by atoms with E-state index >= 15 is 0 Å². The first-order chi connectivity index (χ1) is 8.97. The van der Waals surface area contributed by atoms with Crippen LogP contribution in [-0.2, 0) is 18.4 Å². The maximum atomic E-state index is 12.3. The average Bonchev–Trinajstić information content (AvgIpc) is 2.67. The molecule has 2 rings (SSSR count). The van der Waals surface area contributed by atoms with Gasteiger partial charge in [-0.3, -0.25) is 9.48 Å². The first-order valence-corrected chi connectivity index (χ1v) is 6.96.